The van der Waals surface area contributed by atoms with E-state index < -0.39 is 0 Å². The molecule has 0 saturated heterocycles. The summed E-state index contributed by atoms with van der Waals surface area (Å²) in [6, 6.07) is 14.3. The lowest BCUT2D eigenvalue weighted by Crippen LogP contribution is -1.96. The summed E-state index contributed by atoms with van der Waals surface area (Å²) in [6.45, 7) is 1.96. The Morgan fingerprint density at radius 2 is 1.84 bits per heavy atom. The first-order chi connectivity index (χ1) is 15.6. The number of nitrogens with one attached hydrogen (secondary N) is 2. The van der Waals surface area contributed by atoms with Crippen LogP contribution in [0.15, 0.2) is 60.9 Å². The van der Waals surface area contributed by atoms with Crippen LogP contribution in [0.5, 0.6) is 0 Å². The molecular formula is C24H18FN7. The van der Waals surface area contributed by atoms with Gasteiger partial charge in [0, 0.05) is 18.6 Å². The van der Waals surface area contributed by atoms with Crippen LogP contribution in [0.25, 0.3) is 56.0 Å². The number of H-pyrrole nitrogens is 2. The van der Waals surface area contributed by atoms with Gasteiger partial charge in [-0.3, -0.25) is 5.10 Å². The van der Waals surface area contributed by atoms with Crippen LogP contribution < -0.4 is 0 Å². The van der Waals surface area contributed by atoms with E-state index in [1.165, 1.54) is 12.1 Å². The van der Waals surface area contributed by atoms with Crippen LogP contribution in [0.2, 0.25) is 0 Å². The maximum atomic E-state index is 13.4. The summed E-state index contributed by atoms with van der Waals surface area (Å²) >= 11 is 0. The molecule has 6 aromatic rings. The number of nitrogens with zero attached hydrogens (tertiary/aromatic N) is 5. The molecule has 1 aromatic carbocycles. The fourth-order valence-electron chi connectivity index (χ4n) is 4.01. The molecule has 5 heterocycles. The summed E-state index contributed by atoms with van der Waals surface area (Å²) in [7, 11) is 1.97. The number of aryl methyl sites for hydroxylation is 1. The molecule has 0 aliphatic rings. The average molecular weight is 423 g/mol. The highest BCUT2D eigenvalue weighted by Crippen LogP contribution is 2.33. The van der Waals surface area contributed by atoms with E-state index in [1.807, 2.05) is 49.0 Å². The minimum atomic E-state index is -0.262. The SMILES string of the molecule is Cc1ncc(-c2ccc3[nH]nc(-c4cc5c(-c6ccc(F)cc6)ccnc5[nH]4)c3n2)n1C. The second-order valence-corrected chi connectivity index (χ2v) is 7.73. The van der Waals surface area contributed by atoms with Crippen molar-refractivity contribution in [3.63, 3.8) is 0 Å². The van der Waals surface area contributed by atoms with Gasteiger partial charge in [0.05, 0.1) is 28.8 Å². The van der Waals surface area contributed by atoms with Crippen molar-refractivity contribution in [2.24, 2.45) is 7.05 Å². The summed E-state index contributed by atoms with van der Waals surface area (Å²) < 4.78 is 15.4. The predicted molar refractivity (Wildman–Crippen MR) is 121 cm³/mol. The van der Waals surface area contributed by atoms with Gasteiger partial charge in [0.2, 0.25) is 0 Å². The lowest BCUT2D eigenvalue weighted by molar-refractivity contribution is 0.628. The molecule has 32 heavy (non-hydrogen) atoms. The van der Waals surface area contributed by atoms with Crippen molar-refractivity contribution in [3.8, 4) is 33.9 Å². The fourth-order valence-corrected chi connectivity index (χ4v) is 4.01. The highest BCUT2D eigenvalue weighted by atomic mass is 19.1. The molecule has 156 valence electrons. The highest BCUT2D eigenvalue weighted by molar-refractivity contribution is 5.99. The predicted octanol–water partition coefficient (Wildman–Crippen LogP) is 5.02. The number of benzene rings is 1. The Morgan fingerprint density at radius 3 is 2.62 bits per heavy atom. The van der Waals surface area contributed by atoms with Gasteiger partial charge in [-0.1, -0.05) is 12.1 Å². The number of hydrogen-bond donors (Lipinski definition) is 2. The Bertz CT molecular complexity index is 1610. The van der Waals surface area contributed by atoms with Crippen molar-refractivity contribution in [1.29, 1.82) is 0 Å². The number of halogens is 1. The maximum Gasteiger partial charge on any atom is 0.138 e. The minimum Gasteiger partial charge on any atom is -0.338 e. The Morgan fingerprint density at radius 1 is 1.00 bits per heavy atom. The molecule has 0 aliphatic heterocycles. The Hall–Kier alpha value is -4.33. The second kappa shape index (κ2) is 6.84. The number of hydrogen-bond acceptors (Lipinski definition) is 4. The van der Waals surface area contributed by atoms with Crippen molar-refractivity contribution < 1.29 is 4.39 Å². The van der Waals surface area contributed by atoms with E-state index in [0.29, 0.717) is 5.69 Å². The Kier molecular flexibility index (Phi) is 3.94. The van der Waals surface area contributed by atoms with Crippen molar-refractivity contribution in [3.05, 3.63) is 72.6 Å². The second-order valence-electron chi connectivity index (χ2n) is 7.73. The van der Waals surface area contributed by atoms with Gasteiger partial charge >= 0.3 is 0 Å². The van der Waals surface area contributed by atoms with Gasteiger partial charge < -0.3 is 9.55 Å². The van der Waals surface area contributed by atoms with Gasteiger partial charge in [-0.15, -0.1) is 0 Å². The van der Waals surface area contributed by atoms with E-state index in [4.69, 9.17) is 4.98 Å². The van der Waals surface area contributed by atoms with Gasteiger partial charge in [0.1, 0.15) is 28.5 Å². The molecule has 0 amide bonds. The highest BCUT2D eigenvalue weighted by Gasteiger charge is 2.17. The van der Waals surface area contributed by atoms with E-state index in [-0.39, 0.29) is 5.82 Å². The molecule has 0 aliphatic carbocycles. The molecule has 0 atom stereocenters. The van der Waals surface area contributed by atoms with Crippen molar-refractivity contribution in [2.45, 2.75) is 6.92 Å². The maximum absolute atomic E-state index is 13.4. The van der Waals surface area contributed by atoms with Gasteiger partial charge in [-0.05, 0) is 54.4 Å². The topological polar surface area (TPSA) is 88.1 Å². The molecule has 0 spiro atoms. The average Bonchev–Trinajstić information content (AvgIpc) is 3.50. The van der Waals surface area contributed by atoms with Gasteiger partial charge in [0.15, 0.2) is 0 Å². The Labute approximate surface area is 182 Å². The summed E-state index contributed by atoms with van der Waals surface area (Å²) in [4.78, 5) is 17.1. The molecule has 0 saturated carbocycles. The monoisotopic (exact) mass is 423 g/mol. The molecule has 0 radical (unpaired) electrons. The van der Waals surface area contributed by atoms with Crippen LogP contribution in [-0.4, -0.2) is 34.7 Å². The molecule has 0 fully saturated rings. The van der Waals surface area contributed by atoms with Crippen molar-refractivity contribution >= 4 is 22.1 Å². The molecule has 5 aromatic heterocycles. The number of aromatic nitrogens is 7. The van der Waals surface area contributed by atoms with Crippen LogP contribution in [0.4, 0.5) is 4.39 Å². The van der Waals surface area contributed by atoms with E-state index in [9.17, 15) is 4.39 Å². The van der Waals surface area contributed by atoms with E-state index in [2.05, 4.69) is 25.1 Å². The summed E-state index contributed by atoms with van der Waals surface area (Å²) in [5, 5.41) is 8.52. The fraction of sp³-hybridized carbons (Fsp3) is 0.0833. The zero-order valence-electron chi connectivity index (χ0n) is 17.4. The minimum absolute atomic E-state index is 0.262. The van der Waals surface area contributed by atoms with Crippen LogP contribution in [0.3, 0.4) is 0 Å². The first-order valence-electron chi connectivity index (χ1n) is 10.2. The first kappa shape index (κ1) is 18.4. The zero-order chi connectivity index (χ0) is 21.8. The number of fused-ring (bicyclic) bond motifs is 2. The van der Waals surface area contributed by atoms with Crippen LogP contribution in [0, 0.1) is 12.7 Å². The molecule has 7 nitrogen and oxygen atoms in total. The quantitative estimate of drug-likeness (QED) is 0.419. The van der Waals surface area contributed by atoms with Gasteiger partial charge in [-0.25, -0.2) is 19.3 Å². The van der Waals surface area contributed by atoms with Crippen LogP contribution in [0.1, 0.15) is 5.82 Å². The third-order valence-corrected chi connectivity index (χ3v) is 5.83. The molecule has 8 heteroatoms. The summed E-state index contributed by atoms with van der Waals surface area (Å²) in [6.07, 6.45) is 3.57. The van der Waals surface area contributed by atoms with E-state index >= 15 is 0 Å². The van der Waals surface area contributed by atoms with Crippen molar-refractivity contribution in [2.75, 3.05) is 0 Å². The number of rotatable bonds is 3. The summed E-state index contributed by atoms with van der Waals surface area (Å²) in [5.74, 6) is 0.659. The molecule has 6 rings (SSSR count). The molecule has 0 unspecified atom stereocenters. The Balaban J connectivity index is 1.51. The van der Waals surface area contributed by atoms with Crippen molar-refractivity contribution in [1.82, 2.24) is 34.7 Å². The van der Waals surface area contributed by atoms with E-state index in [0.717, 1.165) is 56.1 Å². The number of aromatic amines is 2. The zero-order valence-corrected chi connectivity index (χ0v) is 17.4. The largest absolute Gasteiger partial charge is 0.338 e. The standard InChI is InChI=1S/C24H18FN7/c1-13-27-12-21(32(13)2)18-7-8-19-22(28-18)23(31-30-19)20-11-17-16(9-10-26-24(17)29-20)14-3-5-15(25)6-4-14/h3-12H,1-2H3,(H,26,29)(H,30,31). The van der Waals surface area contributed by atoms with E-state index in [1.54, 1.807) is 18.3 Å². The third kappa shape index (κ3) is 2.80. The normalized spacial score (nSPS) is 11.6. The number of imidazole rings is 1. The molecular weight excluding hydrogens is 405 g/mol. The lowest BCUT2D eigenvalue weighted by Gasteiger charge is -2.03. The smallest absolute Gasteiger partial charge is 0.138 e. The van der Waals surface area contributed by atoms with Crippen LogP contribution >= 0.6 is 0 Å². The van der Waals surface area contributed by atoms with Crippen LogP contribution in [-0.2, 0) is 7.05 Å². The molecule has 2 N–H and O–H groups in total. The molecule has 0 bridgehead atoms. The van der Waals surface area contributed by atoms with Gasteiger partial charge in [-0.2, -0.15) is 5.10 Å². The lowest BCUT2D eigenvalue weighted by atomic mass is 10.0. The summed E-state index contributed by atoms with van der Waals surface area (Å²) in [5.41, 5.74) is 7.50. The first-order valence-corrected chi connectivity index (χ1v) is 10.2. The third-order valence-electron chi connectivity index (χ3n) is 5.83. The van der Waals surface area contributed by atoms with Gasteiger partial charge in [0.25, 0.3) is 0 Å². The number of pyridine rings is 2.